The third kappa shape index (κ3) is 2.97. The van der Waals surface area contributed by atoms with E-state index >= 15 is 0 Å². The van der Waals surface area contributed by atoms with E-state index in [4.69, 9.17) is 10.5 Å². The molecule has 9 heteroatoms. The summed E-state index contributed by atoms with van der Waals surface area (Å²) in [6, 6.07) is 4.22. The Hall–Kier alpha value is -2.55. The summed E-state index contributed by atoms with van der Waals surface area (Å²) < 4.78 is 32.0. The molecule has 0 radical (unpaired) electrons. The van der Waals surface area contributed by atoms with Crippen LogP contribution in [0.3, 0.4) is 0 Å². The van der Waals surface area contributed by atoms with Gasteiger partial charge in [0.1, 0.15) is 10.6 Å². The van der Waals surface area contributed by atoms with E-state index < -0.39 is 15.9 Å². The molecule has 8 nitrogen and oxygen atoms in total. The summed E-state index contributed by atoms with van der Waals surface area (Å²) in [4.78, 5) is 11.2. The molecule has 0 bridgehead atoms. The number of nitrogens with one attached hydrogen (secondary N) is 2. The number of sulfonamides is 1. The normalized spacial score (nSPS) is 11.1. The van der Waals surface area contributed by atoms with Crippen LogP contribution in [0.25, 0.3) is 0 Å². The fourth-order valence-corrected chi connectivity index (χ4v) is 2.95. The molecule has 1 aromatic heterocycles. The van der Waals surface area contributed by atoms with E-state index in [0.29, 0.717) is 5.69 Å². The zero-order chi connectivity index (χ0) is 15.6. The molecule has 0 unspecified atom stereocenters. The number of benzene rings is 1. The topological polar surface area (TPSA) is 127 Å². The molecular weight excluding hydrogens is 296 g/mol. The lowest BCUT2D eigenvalue weighted by molar-refractivity contribution is 0.100. The van der Waals surface area contributed by atoms with Crippen LogP contribution in [-0.4, -0.2) is 31.6 Å². The van der Waals surface area contributed by atoms with Crippen LogP contribution < -0.4 is 15.2 Å². The van der Waals surface area contributed by atoms with Crippen LogP contribution >= 0.6 is 0 Å². The van der Waals surface area contributed by atoms with Gasteiger partial charge in [0.25, 0.3) is 10.0 Å². The number of primary amides is 1. The van der Waals surface area contributed by atoms with Gasteiger partial charge in [0.05, 0.1) is 24.7 Å². The summed E-state index contributed by atoms with van der Waals surface area (Å²) in [6.07, 6.45) is 1.20. The van der Waals surface area contributed by atoms with Crippen molar-refractivity contribution in [1.29, 1.82) is 0 Å². The average molecular weight is 310 g/mol. The second kappa shape index (κ2) is 5.44. The van der Waals surface area contributed by atoms with E-state index in [9.17, 15) is 13.2 Å². The Bertz CT molecular complexity index is 782. The highest BCUT2D eigenvalue weighted by Crippen LogP contribution is 2.28. The van der Waals surface area contributed by atoms with Crippen LogP contribution in [0.5, 0.6) is 5.75 Å². The number of nitrogens with two attached hydrogens (primary N) is 1. The zero-order valence-corrected chi connectivity index (χ0v) is 12.2. The number of H-pyrrole nitrogens is 1. The molecule has 0 aliphatic heterocycles. The molecule has 0 aliphatic rings. The number of aryl methyl sites for hydroxylation is 1. The van der Waals surface area contributed by atoms with Crippen molar-refractivity contribution in [3.63, 3.8) is 0 Å². The highest BCUT2D eigenvalue weighted by atomic mass is 32.2. The van der Waals surface area contributed by atoms with Gasteiger partial charge >= 0.3 is 0 Å². The first kappa shape index (κ1) is 14.9. The van der Waals surface area contributed by atoms with Crippen molar-refractivity contribution in [2.45, 2.75) is 11.8 Å². The molecule has 2 rings (SSSR count). The minimum absolute atomic E-state index is 0.00836. The minimum Gasteiger partial charge on any atom is -0.495 e. The number of hydrogen-bond donors (Lipinski definition) is 3. The second-order valence-electron chi connectivity index (χ2n) is 4.24. The SMILES string of the molecule is COc1ccc(C(N)=O)cc1NS(=O)(=O)c1cn[nH]c1C. The largest absolute Gasteiger partial charge is 0.495 e. The van der Waals surface area contributed by atoms with Crippen LogP contribution in [0.1, 0.15) is 16.1 Å². The Morgan fingerprint density at radius 3 is 2.67 bits per heavy atom. The summed E-state index contributed by atoms with van der Waals surface area (Å²) in [7, 11) is -2.46. The van der Waals surface area contributed by atoms with Crippen molar-refractivity contribution in [1.82, 2.24) is 10.2 Å². The fraction of sp³-hybridized carbons (Fsp3) is 0.167. The van der Waals surface area contributed by atoms with Gasteiger partial charge in [-0.3, -0.25) is 14.6 Å². The van der Waals surface area contributed by atoms with Gasteiger partial charge in [0.2, 0.25) is 5.91 Å². The molecule has 4 N–H and O–H groups in total. The standard InChI is InChI=1S/C12H14N4O4S/c1-7-11(6-14-15-7)21(18,19)16-9-5-8(12(13)17)3-4-10(9)20-2/h3-6,16H,1-2H3,(H2,13,17)(H,14,15). The second-order valence-corrected chi connectivity index (χ2v) is 5.89. The molecule has 0 fully saturated rings. The van der Waals surface area contributed by atoms with Crippen LogP contribution in [0.2, 0.25) is 0 Å². The van der Waals surface area contributed by atoms with Gasteiger partial charge in [0, 0.05) is 5.56 Å². The third-order valence-electron chi connectivity index (χ3n) is 2.80. The van der Waals surface area contributed by atoms with Gasteiger partial charge in [-0.05, 0) is 25.1 Å². The van der Waals surface area contributed by atoms with Gasteiger partial charge < -0.3 is 10.5 Å². The molecule has 112 valence electrons. The average Bonchev–Trinajstić information content (AvgIpc) is 2.85. The Morgan fingerprint density at radius 1 is 1.43 bits per heavy atom. The molecule has 0 spiro atoms. The van der Waals surface area contributed by atoms with Crippen molar-refractivity contribution >= 4 is 21.6 Å². The first-order valence-electron chi connectivity index (χ1n) is 5.86. The van der Waals surface area contributed by atoms with Crippen LogP contribution in [0, 0.1) is 6.92 Å². The number of carbonyl (C=O) groups excluding carboxylic acids is 1. The first-order valence-corrected chi connectivity index (χ1v) is 7.34. The van der Waals surface area contributed by atoms with Gasteiger partial charge in [-0.1, -0.05) is 0 Å². The molecule has 0 atom stereocenters. The van der Waals surface area contributed by atoms with Crippen LogP contribution in [0.4, 0.5) is 5.69 Å². The summed E-state index contributed by atoms with van der Waals surface area (Å²) in [5.74, 6) is -0.401. The number of anilines is 1. The molecule has 21 heavy (non-hydrogen) atoms. The van der Waals surface area contributed by atoms with Crippen LogP contribution in [-0.2, 0) is 10.0 Å². The fourth-order valence-electron chi connectivity index (χ4n) is 1.75. The van der Waals surface area contributed by atoms with Gasteiger partial charge in [0.15, 0.2) is 0 Å². The lowest BCUT2D eigenvalue weighted by Gasteiger charge is -2.12. The maximum atomic E-state index is 12.3. The van der Waals surface area contributed by atoms with Crippen molar-refractivity contribution in [2.75, 3.05) is 11.8 Å². The van der Waals surface area contributed by atoms with Gasteiger partial charge in [-0.15, -0.1) is 0 Å². The smallest absolute Gasteiger partial charge is 0.265 e. The molecule has 0 saturated carbocycles. The molecule has 0 aliphatic carbocycles. The third-order valence-corrected chi connectivity index (χ3v) is 4.28. The monoisotopic (exact) mass is 310 g/mol. The number of hydrogen-bond acceptors (Lipinski definition) is 5. The van der Waals surface area contributed by atoms with E-state index in [1.807, 2.05) is 0 Å². The number of amides is 1. The highest BCUT2D eigenvalue weighted by Gasteiger charge is 2.21. The predicted octanol–water partition coefficient (Wildman–Crippen LogP) is 0.626. The molecule has 0 saturated heterocycles. The number of ether oxygens (including phenoxy) is 1. The maximum Gasteiger partial charge on any atom is 0.265 e. The van der Waals surface area contributed by atoms with Gasteiger partial charge in [-0.2, -0.15) is 5.10 Å². The summed E-state index contributed by atoms with van der Waals surface area (Å²) in [5, 5.41) is 6.21. The number of carbonyl (C=O) groups is 1. The number of methoxy groups -OCH3 is 1. The van der Waals surface area contributed by atoms with E-state index in [2.05, 4.69) is 14.9 Å². The Morgan fingerprint density at radius 2 is 2.14 bits per heavy atom. The van der Waals surface area contributed by atoms with Crippen molar-refractivity contribution in [3.05, 3.63) is 35.7 Å². The Kier molecular flexibility index (Phi) is 3.85. The zero-order valence-electron chi connectivity index (χ0n) is 11.4. The van der Waals surface area contributed by atoms with Crippen molar-refractivity contribution in [2.24, 2.45) is 5.73 Å². The number of nitrogens with zero attached hydrogens (tertiary/aromatic N) is 1. The van der Waals surface area contributed by atoms with Crippen LogP contribution in [0.15, 0.2) is 29.3 Å². The van der Waals surface area contributed by atoms with E-state index in [0.717, 1.165) is 0 Å². The molecule has 2 aromatic rings. The minimum atomic E-state index is -3.85. The maximum absolute atomic E-state index is 12.3. The quantitative estimate of drug-likeness (QED) is 0.746. The Labute approximate surface area is 121 Å². The number of aromatic nitrogens is 2. The summed E-state index contributed by atoms with van der Waals surface area (Å²) in [6.45, 7) is 1.58. The highest BCUT2D eigenvalue weighted by molar-refractivity contribution is 7.92. The summed E-state index contributed by atoms with van der Waals surface area (Å²) >= 11 is 0. The molecule has 1 aromatic carbocycles. The Balaban J connectivity index is 2.45. The molecule has 1 amide bonds. The van der Waals surface area contributed by atoms with E-state index in [1.165, 1.54) is 31.5 Å². The number of rotatable bonds is 5. The van der Waals surface area contributed by atoms with Gasteiger partial charge in [-0.25, -0.2) is 8.42 Å². The van der Waals surface area contributed by atoms with E-state index in [-0.39, 0.29) is 21.9 Å². The lowest BCUT2D eigenvalue weighted by atomic mass is 10.2. The molecular formula is C12H14N4O4S. The van der Waals surface area contributed by atoms with Crippen molar-refractivity contribution < 1.29 is 17.9 Å². The number of aromatic amines is 1. The predicted molar refractivity (Wildman–Crippen MR) is 75.6 cm³/mol. The van der Waals surface area contributed by atoms with Crippen molar-refractivity contribution in [3.8, 4) is 5.75 Å². The first-order chi connectivity index (χ1) is 9.85. The van der Waals surface area contributed by atoms with E-state index in [1.54, 1.807) is 6.92 Å². The molecule has 1 heterocycles. The lowest BCUT2D eigenvalue weighted by Crippen LogP contribution is -2.16. The summed E-state index contributed by atoms with van der Waals surface area (Å²) in [5.41, 5.74) is 5.86.